The molecule has 1 amide bonds. The van der Waals surface area contributed by atoms with E-state index in [1.54, 1.807) is 6.07 Å². The Bertz CT molecular complexity index is 400. The molecular weight excluding hydrogens is 401 g/mol. The van der Waals surface area contributed by atoms with Crippen LogP contribution in [0.15, 0.2) is 22.7 Å². The first-order valence-electron chi connectivity index (χ1n) is 4.94. The summed E-state index contributed by atoms with van der Waals surface area (Å²) in [4.78, 5) is 12.0. The second kappa shape index (κ2) is 7.30. The van der Waals surface area contributed by atoms with Crippen LogP contribution in [0.25, 0.3) is 0 Å². The monoisotopic (exact) mass is 413 g/mol. The summed E-state index contributed by atoms with van der Waals surface area (Å²) in [6.07, 6.45) is 0. The number of carbonyl (C=O) groups is 1. The fourth-order valence-corrected chi connectivity index (χ4v) is 2.19. The lowest BCUT2D eigenvalue weighted by Crippen LogP contribution is -2.40. The summed E-state index contributed by atoms with van der Waals surface area (Å²) >= 11 is 5.46. The highest BCUT2D eigenvalue weighted by molar-refractivity contribution is 14.1. The molecule has 1 aromatic rings. The Labute approximate surface area is 122 Å². The molecular formula is C11H13BrINO3. The molecule has 1 unspecified atom stereocenters. The molecule has 4 nitrogen and oxygen atoms in total. The molecule has 17 heavy (non-hydrogen) atoms. The minimum atomic E-state index is -0.391. The van der Waals surface area contributed by atoms with Gasteiger partial charge < -0.3 is 15.2 Å². The summed E-state index contributed by atoms with van der Waals surface area (Å²) in [6, 6.07) is 5.11. The molecule has 0 aliphatic rings. The smallest absolute Gasteiger partial charge is 0.252 e. The summed E-state index contributed by atoms with van der Waals surface area (Å²) in [5, 5.41) is 11.8. The third kappa shape index (κ3) is 4.53. The van der Waals surface area contributed by atoms with Gasteiger partial charge in [0.25, 0.3) is 5.91 Å². The first kappa shape index (κ1) is 14.9. The van der Waals surface area contributed by atoms with E-state index in [2.05, 4.69) is 43.8 Å². The standard InChI is InChI=1S/C11H13BrINO3/c1-17-6-8(5-15)14-11(16)9-4-7(13)2-3-10(9)12/h2-4,8,15H,5-6H2,1H3,(H,14,16). The Hall–Kier alpha value is -0.180. The van der Waals surface area contributed by atoms with Gasteiger partial charge in [-0.2, -0.15) is 0 Å². The van der Waals surface area contributed by atoms with Gasteiger partial charge in [0.15, 0.2) is 0 Å². The van der Waals surface area contributed by atoms with E-state index in [0.717, 1.165) is 8.04 Å². The van der Waals surface area contributed by atoms with Gasteiger partial charge in [0.2, 0.25) is 0 Å². The Morgan fingerprint density at radius 3 is 2.94 bits per heavy atom. The van der Waals surface area contributed by atoms with E-state index in [1.807, 2.05) is 12.1 Å². The molecule has 0 bridgehead atoms. The van der Waals surface area contributed by atoms with Gasteiger partial charge in [0, 0.05) is 15.2 Å². The Balaban J connectivity index is 2.78. The average molecular weight is 414 g/mol. The molecule has 0 aliphatic carbocycles. The third-order valence-corrected chi connectivity index (χ3v) is 3.46. The maximum absolute atomic E-state index is 12.0. The van der Waals surface area contributed by atoms with Gasteiger partial charge >= 0.3 is 0 Å². The second-order valence-electron chi connectivity index (χ2n) is 3.43. The number of methoxy groups -OCH3 is 1. The predicted octanol–water partition coefficient (Wildman–Crippen LogP) is 1.79. The molecule has 0 aromatic heterocycles. The zero-order chi connectivity index (χ0) is 12.8. The number of aliphatic hydroxyl groups is 1. The van der Waals surface area contributed by atoms with Crippen molar-refractivity contribution in [1.82, 2.24) is 5.32 Å². The summed E-state index contributed by atoms with van der Waals surface area (Å²) in [6.45, 7) is 0.130. The molecule has 1 atom stereocenters. The van der Waals surface area contributed by atoms with Crippen LogP contribution in [0, 0.1) is 3.57 Å². The van der Waals surface area contributed by atoms with Crippen molar-refractivity contribution >= 4 is 44.4 Å². The van der Waals surface area contributed by atoms with E-state index in [0.29, 0.717) is 5.56 Å². The zero-order valence-electron chi connectivity index (χ0n) is 9.24. The van der Waals surface area contributed by atoms with Crippen molar-refractivity contribution < 1.29 is 14.6 Å². The van der Waals surface area contributed by atoms with Crippen molar-refractivity contribution in [3.63, 3.8) is 0 Å². The van der Waals surface area contributed by atoms with Crippen molar-refractivity contribution in [3.05, 3.63) is 31.8 Å². The maximum atomic E-state index is 12.0. The van der Waals surface area contributed by atoms with Crippen LogP contribution in [0.2, 0.25) is 0 Å². The number of rotatable bonds is 5. The van der Waals surface area contributed by atoms with E-state index in [4.69, 9.17) is 9.84 Å². The third-order valence-electron chi connectivity index (χ3n) is 2.10. The Kier molecular flexibility index (Phi) is 6.39. The molecule has 0 radical (unpaired) electrons. The van der Waals surface area contributed by atoms with E-state index < -0.39 is 6.04 Å². The minimum absolute atomic E-state index is 0.152. The van der Waals surface area contributed by atoms with Crippen molar-refractivity contribution in [3.8, 4) is 0 Å². The van der Waals surface area contributed by atoms with Gasteiger partial charge in [0.05, 0.1) is 24.8 Å². The molecule has 0 fully saturated rings. The molecule has 0 aliphatic heterocycles. The van der Waals surface area contributed by atoms with Gasteiger partial charge in [0.1, 0.15) is 0 Å². The summed E-state index contributed by atoms with van der Waals surface area (Å²) in [5.41, 5.74) is 0.548. The van der Waals surface area contributed by atoms with Crippen molar-refractivity contribution in [2.45, 2.75) is 6.04 Å². The first-order chi connectivity index (χ1) is 8.08. The van der Waals surface area contributed by atoms with Crippen LogP contribution in [0.4, 0.5) is 0 Å². The first-order valence-corrected chi connectivity index (χ1v) is 6.81. The van der Waals surface area contributed by atoms with Gasteiger partial charge in [-0.25, -0.2) is 0 Å². The number of benzene rings is 1. The predicted molar refractivity (Wildman–Crippen MR) is 77.1 cm³/mol. The van der Waals surface area contributed by atoms with Crippen molar-refractivity contribution in [1.29, 1.82) is 0 Å². The molecule has 94 valence electrons. The quantitative estimate of drug-likeness (QED) is 0.723. The molecule has 0 spiro atoms. The molecule has 1 rings (SSSR count). The summed E-state index contributed by atoms with van der Waals surface area (Å²) in [7, 11) is 1.52. The van der Waals surface area contributed by atoms with Gasteiger partial charge in [-0.15, -0.1) is 0 Å². The lowest BCUT2D eigenvalue weighted by molar-refractivity contribution is 0.0839. The molecule has 0 heterocycles. The fraction of sp³-hybridized carbons (Fsp3) is 0.364. The van der Waals surface area contributed by atoms with E-state index in [-0.39, 0.29) is 19.1 Å². The van der Waals surface area contributed by atoms with Crippen molar-refractivity contribution in [2.24, 2.45) is 0 Å². The number of hydrogen-bond donors (Lipinski definition) is 2. The SMILES string of the molecule is COCC(CO)NC(=O)c1cc(I)ccc1Br. The number of nitrogens with one attached hydrogen (secondary N) is 1. The van der Waals surface area contributed by atoms with Crippen LogP contribution in [-0.2, 0) is 4.74 Å². The molecule has 2 N–H and O–H groups in total. The van der Waals surface area contributed by atoms with Crippen LogP contribution in [0.3, 0.4) is 0 Å². The number of ether oxygens (including phenoxy) is 1. The second-order valence-corrected chi connectivity index (χ2v) is 5.53. The highest BCUT2D eigenvalue weighted by atomic mass is 127. The zero-order valence-corrected chi connectivity index (χ0v) is 13.0. The van der Waals surface area contributed by atoms with Gasteiger partial charge in [-0.05, 0) is 56.7 Å². The lowest BCUT2D eigenvalue weighted by Gasteiger charge is -2.15. The topological polar surface area (TPSA) is 58.6 Å². The molecule has 0 saturated heterocycles. The highest BCUT2D eigenvalue weighted by Gasteiger charge is 2.15. The van der Waals surface area contributed by atoms with Crippen LogP contribution in [0.5, 0.6) is 0 Å². The van der Waals surface area contributed by atoms with Crippen LogP contribution >= 0.6 is 38.5 Å². The fourth-order valence-electron chi connectivity index (χ4n) is 1.28. The van der Waals surface area contributed by atoms with E-state index in [9.17, 15) is 4.79 Å². The van der Waals surface area contributed by atoms with Gasteiger partial charge in [-0.3, -0.25) is 4.79 Å². The molecule has 6 heteroatoms. The van der Waals surface area contributed by atoms with Crippen LogP contribution in [0.1, 0.15) is 10.4 Å². The molecule has 1 aromatic carbocycles. The Morgan fingerprint density at radius 2 is 2.35 bits per heavy atom. The van der Waals surface area contributed by atoms with E-state index in [1.165, 1.54) is 7.11 Å². The minimum Gasteiger partial charge on any atom is -0.394 e. The number of carbonyl (C=O) groups excluding carboxylic acids is 1. The number of amides is 1. The van der Waals surface area contributed by atoms with E-state index >= 15 is 0 Å². The lowest BCUT2D eigenvalue weighted by atomic mass is 10.2. The highest BCUT2D eigenvalue weighted by Crippen LogP contribution is 2.19. The van der Waals surface area contributed by atoms with Crippen LogP contribution < -0.4 is 5.32 Å². The number of aliphatic hydroxyl groups excluding tert-OH is 1. The number of hydrogen-bond acceptors (Lipinski definition) is 3. The van der Waals surface area contributed by atoms with Gasteiger partial charge in [-0.1, -0.05) is 0 Å². The Morgan fingerprint density at radius 1 is 1.65 bits per heavy atom. The maximum Gasteiger partial charge on any atom is 0.252 e. The average Bonchev–Trinajstić information content (AvgIpc) is 2.31. The summed E-state index contributed by atoms with van der Waals surface area (Å²) in [5.74, 6) is -0.230. The number of halogens is 2. The largest absolute Gasteiger partial charge is 0.394 e. The van der Waals surface area contributed by atoms with Crippen molar-refractivity contribution in [2.75, 3.05) is 20.3 Å². The van der Waals surface area contributed by atoms with Crippen LogP contribution in [-0.4, -0.2) is 37.4 Å². The molecule has 0 saturated carbocycles. The normalized spacial score (nSPS) is 12.2. The summed E-state index contributed by atoms with van der Waals surface area (Å²) < 4.78 is 6.60.